The second kappa shape index (κ2) is 5.81. The number of rotatable bonds is 5. The van der Waals surface area contributed by atoms with Crippen LogP contribution in [0.4, 0.5) is 5.69 Å². The molecule has 0 aromatic carbocycles. The topological polar surface area (TPSA) is 84.3 Å². The third kappa shape index (κ3) is 3.41. The van der Waals surface area contributed by atoms with Gasteiger partial charge in [-0.05, 0) is 17.7 Å². The average Bonchev–Trinajstić information content (AvgIpc) is 2.46. The molecule has 0 fully saturated rings. The molecule has 6 heteroatoms. The SMILES string of the molecule is COc1ccc(CNc2ccc(C(=O)O)nc2)cn1. The van der Waals surface area contributed by atoms with Gasteiger partial charge in [-0.15, -0.1) is 0 Å². The van der Waals surface area contributed by atoms with Gasteiger partial charge in [0.2, 0.25) is 5.88 Å². The van der Waals surface area contributed by atoms with E-state index >= 15 is 0 Å². The molecule has 2 rings (SSSR count). The van der Waals surface area contributed by atoms with Crippen LogP contribution in [0.5, 0.6) is 5.88 Å². The van der Waals surface area contributed by atoms with Crippen LogP contribution in [0.25, 0.3) is 0 Å². The minimum absolute atomic E-state index is 0.0247. The van der Waals surface area contributed by atoms with Crippen LogP contribution in [0.2, 0.25) is 0 Å². The third-order valence-electron chi connectivity index (χ3n) is 2.49. The monoisotopic (exact) mass is 259 g/mol. The predicted octanol–water partition coefficient (Wildman–Crippen LogP) is 1.80. The van der Waals surface area contributed by atoms with Crippen molar-refractivity contribution in [1.82, 2.24) is 9.97 Å². The van der Waals surface area contributed by atoms with E-state index in [4.69, 9.17) is 9.84 Å². The van der Waals surface area contributed by atoms with E-state index in [2.05, 4.69) is 15.3 Å². The lowest BCUT2D eigenvalue weighted by Crippen LogP contribution is -2.03. The second-order valence-corrected chi connectivity index (χ2v) is 3.80. The van der Waals surface area contributed by atoms with E-state index in [9.17, 15) is 4.79 Å². The van der Waals surface area contributed by atoms with Crippen LogP contribution in [0.1, 0.15) is 16.1 Å². The molecule has 0 aliphatic rings. The molecule has 0 spiro atoms. The first-order valence-electron chi connectivity index (χ1n) is 5.61. The van der Waals surface area contributed by atoms with Gasteiger partial charge in [0.25, 0.3) is 0 Å². The van der Waals surface area contributed by atoms with Gasteiger partial charge in [-0.3, -0.25) is 0 Å². The van der Waals surface area contributed by atoms with Crippen LogP contribution in [0.15, 0.2) is 36.7 Å². The Balaban J connectivity index is 1.95. The van der Waals surface area contributed by atoms with E-state index < -0.39 is 5.97 Å². The normalized spacial score (nSPS) is 9.95. The zero-order valence-corrected chi connectivity index (χ0v) is 10.3. The number of carboxylic acid groups (broad SMARTS) is 1. The summed E-state index contributed by atoms with van der Waals surface area (Å²) in [6, 6.07) is 6.81. The number of aromatic nitrogens is 2. The molecule has 2 aromatic rings. The molecule has 2 heterocycles. The van der Waals surface area contributed by atoms with Crippen LogP contribution in [-0.2, 0) is 6.54 Å². The number of methoxy groups -OCH3 is 1. The maximum Gasteiger partial charge on any atom is 0.354 e. The first-order valence-corrected chi connectivity index (χ1v) is 5.61. The van der Waals surface area contributed by atoms with Crippen molar-refractivity contribution in [2.24, 2.45) is 0 Å². The summed E-state index contributed by atoms with van der Waals surface area (Å²) < 4.78 is 4.97. The van der Waals surface area contributed by atoms with Gasteiger partial charge in [0.05, 0.1) is 19.0 Å². The summed E-state index contributed by atoms with van der Waals surface area (Å²) in [4.78, 5) is 18.6. The highest BCUT2D eigenvalue weighted by atomic mass is 16.5. The summed E-state index contributed by atoms with van der Waals surface area (Å²) in [5.74, 6) is -0.470. The summed E-state index contributed by atoms with van der Waals surface area (Å²) in [6.45, 7) is 0.574. The van der Waals surface area contributed by atoms with E-state index in [-0.39, 0.29) is 5.69 Å². The fourth-order valence-electron chi connectivity index (χ4n) is 1.47. The Bertz CT molecular complexity index is 552. The zero-order chi connectivity index (χ0) is 13.7. The average molecular weight is 259 g/mol. The van der Waals surface area contributed by atoms with Crippen molar-refractivity contribution in [2.45, 2.75) is 6.54 Å². The van der Waals surface area contributed by atoms with Gasteiger partial charge in [-0.2, -0.15) is 0 Å². The van der Waals surface area contributed by atoms with E-state index in [1.54, 1.807) is 25.4 Å². The van der Waals surface area contributed by atoms with Crippen molar-refractivity contribution in [1.29, 1.82) is 0 Å². The molecule has 0 unspecified atom stereocenters. The Morgan fingerprint density at radius 2 is 2.11 bits per heavy atom. The Morgan fingerprint density at radius 3 is 2.63 bits per heavy atom. The van der Waals surface area contributed by atoms with Gasteiger partial charge in [0.1, 0.15) is 5.69 Å². The maximum atomic E-state index is 10.6. The van der Waals surface area contributed by atoms with Crippen molar-refractivity contribution < 1.29 is 14.6 Å². The minimum Gasteiger partial charge on any atom is -0.481 e. The van der Waals surface area contributed by atoms with Crippen molar-refractivity contribution in [2.75, 3.05) is 12.4 Å². The summed E-state index contributed by atoms with van der Waals surface area (Å²) >= 11 is 0. The number of carbonyl (C=O) groups is 1. The van der Waals surface area contributed by atoms with Crippen molar-refractivity contribution in [3.05, 3.63) is 47.9 Å². The lowest BCUT2D eigenvalue weighted by Gasteiger charge is -2.06. The first-order chi connectivity index (χ1) is 9.19. The molecule has 0 saturated heterocycles. The highest BCUT2D eigenvalue weighted by molar-refractivity contribution is 5.85. The van der Waals surface area contributed by atoms with Crippen LogP contribution < -0.4 is 10.1 Å². The number of pyridine rings is 2. The van der Waals surface area contributed by atoms with Gasteiger partial charge in [-0.1, -0.05) is 6.07 Å². The quantitative estimate of drug-likeness (QED) is 0.851. The number of nitrogens with zero attached hydrogens (tertiary/aromatic N) is 2. The standard InChI is InChI=1S/C13H13N3O3/c1-19-12-5-2-9(7-16-12)6-14-10-3-4-11(13(17)18)15-8-10/h2-5,7-8,14H,6H2,1H3,(H,17,18). The maximum absolute atomic E-state index is 10.6. The van der Waals surface area contributed by atoms with E-state index in [0.717, 1.165) is 11.3 Å². The van der Waals surface area contributed by atoms with Gasteiger partial charge in [-0.25, -0.2) is 14.8 Å². The number of nitrogens with one attached hydrogen (secondary N) is 1. The number of hydrogen-bond acceptors (Lipinski definition) is 5. The van der Waals surface area contributed by atoms with E-state index in [1.165, 1.54) is 12.3 Å². The molecule has 0 amide bonds. The number of hydrogen-bond donors (Lipinski definition) is 2. The van der Waals surface area contributed by atoms with E-state index in [1.807, 2.05) is 6.07 Å². The molecular formula is C13H13N3O3. The summed E-state index contributed by atoms with van der Waals surface area (Å²) in [7, 11) is 1.57. The number of aromatic carboxylic acids is 1. The van der Waals surface area contributed by atoms with Crippen molar-refractivity contribution in [3.63, 3.8) is 0 Å². The Morgan fingerprint density at radius 1 is 1.26 bits per heavy atom. The fraction of sp³-hybridized carbons (Fsp3) is 0.154. The highest BCUT2D eigenvalue weighted by Crippen LogP contribution is 2.10. The van der Waals surface area contributed by atoms with Crippen LogP contribution in [0, 0.1) is 0 Å². The third-order valence-corrected chi connectivity index (χ3v) is 2.49. The Labute approximate surface area is 110 Å². The second-order valence-electron chi connectivity index (χ2n) is 3.80. The summed E-state index contributed by atoms with van der Waals surface area (Å²) in [5.41, 5.74) is 1.76. The van der Waals surface area contributed by atoms with Crippen molar-refractivity contribution in [3.8, 4) is 5.88 Å². The van der Waals surface area contributed by atoms with E-state index in [0.29, 0.717) is 12.4 Å². The summed E-state index contributed by atoms with van der Waals surface area (Å²) in [5, 5.41) is 11.9. The van der Waals surface area contributed by atoms with Gasteiger partial charge >= 0.3 is 5.97 Å². The molecule has 0 bridgehead atoms. The Hall–Kier alpha value is -2.63. The molecule has 0 aliphatic carbocycles. The van der Waals surface area contributed by atoms with Crippen LogP contribution in [-0.4, -0.2) is 28.2 Å². The largest absolute Gasteiger partial charge is 0.481 e. The van der Waals surface area contributed by atoms with Gasteiger partial charge in [0, 0.05) is 18.8 Å². The minimum atomic E-state index is -1.04. The number of anilines is 1. The fourth-order valence-corrected chi connectivity index (χ4v) is 1.47. The molecule has 0 atom stereocenters. The molecule has 2 aromatic heterocycles. The highest BCUT2D eigenvalue weighted by Gasteiger charge is 2.03. The number of ether oxygens (including phenoxy) is 1. The molecule has 6 nitrogen and oxygen atoms in total. The summed E-state index contributed by atoms with van der Waals surface area (Å²) in [6.07, 6.45) is 3.20. The van der Waals surface area contributed by atoms with Crippen molar-refractivity contribution >= 4 is 11.7 Å². The zero-order valence-electron chi connectivity index (χ0n) is 10.3. The molecule has 19 heavy (non-hydrogen) atoms. The first kappa shape index (κ1) is 12.8. The molecule has 0 radical (unpaired) electrons. The predicted molar refractivity (Wildman–Crippen MR) is 69.3 cm³/mol. The number of carboxylic acids is 1. The van der Waals surface area contributed by atoms with Crippen LogP contribution >= 0.6 is 0 Å². The lowest BCUT2D eigenvalue weighted by atomic mass is 10.2. The molecule has 0 aliphatic heterocycles. The Kier molecular flexibility index (Phi) is 3.92. The molecular weight excluding hydrogens is 246 g/mol. The smallest absolute Gasteiger partial charge is 0.354 e. The molecule has 2 N–H and O–H groups in total. The molecule has 0 saturated carbocycles. The lowest BCUT2D eigenvalue weighted by molar-refractivity contribution is 0.0690. The molecule has 98 valence electrons. The van der Waals surface area contributed by atoms with Crippen LogP contribution in [0.3, 0.4) is 0 Å². The van der Waals surface area contributed by atoms with Gasteiger partial charge in [0.15, 0.2) is 0 Å². The van der Waals surface area contributed by atoms with Gasteiger partial charge < -0.3 is 15.2 Å².